The van der Waals surface area contributed by atoms with Gasteiger partial charge in [-0.05, 0) is 63.8 Å². The molecular weight excluding hydrogens is 690 g/mol. The number of anilines is 2. The molecule has 3 aromatic heterocycles. The van der Waals surface area contributed by atoms with Crippen LogP contribution in [0.4, 0.5) is 28.9 Å². The minimum absolute atomic E-state index is 0.00475. The summed E-state index contributed by atoms with van der Waals surface area (Å²) in [5, 5.41) is 10.00. The second-order valence-electron chi connectivity index (χ2n) is 13.1. The zero-order valence-electron chi connectivity index (χ0n) is 29.4. The number of aromatic amines is 1. The Labute approximate surface area is 294 Å². The summed E-state index contributed by atoms with van der Waals surface area (Å²) < 4.78 is 63.8. The maximum atomic E-state index is 14.5. The van der Waals surface area contributed by atoms with Crippen LogP contribution in [0.15, 0.2) is 27.8 Å². The maximum Gasteiger partial charge on any atom is 0.419 e. The molecule has 18 heteroatoms. The van der Waals surface area contributed by atoms with Gasteiger partial charge in [-0.15, -0.1) is 5.10 Å². The molecule has 2 amide bonds. The lowest BCUT2D eigenvalue weighted by Crippen LogP contribution is -2.51. The van der Waals surface area contributed by atoms with Crippen LogP contribution in [-0.2, 0) is 28.7 Å². The van der Waals surface area contributed by atoms with Crippen molar-refractivity contribution >= 4 is 34.5 Å². The number of nitrogens with zero attached hydrogens (tertiary/aromatic N) is 7. The number of nitrogens with one attached hydrogen (secondary N) is 2. The number of rotatable bonds is 8. The number of halogens is 4. The molecule has 0 aliphatic carbocycles. The molecule has 278 valence electrons. The summed E-state index contributed by atoms with van der Waals surface area (Å²) in [5.41, 5.74) is -0.526. The van der Waals surface area contributed by atoms with Crippen LogP contribution in [0.2, 0.25) is 0 Å². The van der Waals surface area contributed by atoms with E-state index in [0.29, 0.717) is 43.2 Å². The quantitative estimate of drug-likeness (QED) is 0.261. The van der Waals surface area contributed by atoms with Crippen LogP contribution in [-0.4, -0.2) is 85.1 Å². The summed E-state index contributed by atoms with van der Waals surface area (Å²) in [4.78, 5) is 62.3. The van der Waals surface area contributed by atoms with Gasteiger partial charge < -0.3 is 24.4 Å². The Morgan fingerprint density at radius 3 is 2.38 bits per heavy atom. The lowest BCUT2D eigenvalue weighted by atomic mass is 10.1. The Morgan fingerprint density at radius 2 is 1.79 bits per heavy atom. The molecule has 5 heterocycles. The molecule has 0 unspecified atom stereocenters. The van der Waals surface area contributed by atoms with Crippen LogP contribution in [0.25, 0.3) is 11.4 Å². The van der Waals surface area contributed by atoms with Gasteiger partial charge in [0.25, 0.3) is 17.0 Å². The summed E-state index contributed by atoms with van der Waals surface area (Å²) in [6.07, 6.45) is -2.35. The summed E-state index contributed by atoms with van der Waals surface area (Å²) in [6, 6.07) is 1.09. The third kappa shape index (κ3) is 6.73. The van der Waals surface area contributed by atoms with Crippen LogP contribution in [0, 0.1) is 19.7 Å². The van der Waals surface area contributed by atoms with Gasteiger partial charge in [-0.3, -0.25) is 24.3 Å². The summed E-state index contributed by atoms with van der Waals surface area (Å²) in [7, 11) is 0. The fraction of sp³-hybridized carbons (Fsp3) is 0.471. The highest BCUT2D eigenvalue weighted by atomic mass is 19.4. The highest BCUT2D eigenvalue weighted by Gasteiger charge is 2.35. The van der Waals surface area contributed by atoms with E-state index in [9.17, 15) is 36.7 Å². The smallest absolute Gasteiger partial charge is 0.377 e. The average molecular weight is 730 g/mol. The second kappa shape index (κ2) is 14.0. The predicted octanol–water partition coefficient (Wildman–Crippen LogP) is 3.70. The highest BCUT2D eigenvalue weighted by molar-refractivity contribution is 5.95. The number of carbonyl (C=O) groups is 2. The zero-order valence-corrected chi connectivity index (χ0v) is 29.4. The third-order valence-corrected chi connectivity index (χ3v) is 9.32. The molecule has 0 saturated carbocycles. The van der Waals surface area contributed by atoms with E-state index in [1.54, 1.807) is 23.6 Å². The molecule has 2 aliphatic rings. The van der Waals surface area contributed by atoms with Crippen molar-refractivity contribution < 1.29 is 31.9 Å². The molecule has 2 N–H and O–H groups in total. The van der Waals surface area contributed by atoms with E-state index in [2.05, 4.69) is 20.5 Å². The molecule has 1 fully saturated rings. The zero-order chi connectivity index (χ0) is 37.6. The van der Waals surface area contributed by atoms with Gasteiger partial charge in [0.15, 0.2) is 5.82 Å². The van der Waals surface area contributed by atoms with Gasteiger partial charge in [0, 0.05) is 43.6 Å². The Balaban J connectivity index is 1.35. The number of benzene rings is 1. The summed E-state index contributed by atoms with van der Waals surface area (Å²) in [5.74, 6) is -2.31. The van der Waals surface area contributed by atoms with E-state index in [1.165, 1.54) is 16.2 Å². The maximum absolute atomic E-state index is 14.5. The number of hydrogen-bond acceptors (Lipinski definition) is 8. The fourth-order valence-corrected chi connectivity index (χ4v) is 6.64. The van der Waals surface area contributed by atoms with Gasteiger partial charge in [0.2, 0.25) is 11.7 Å². The van der Waals surface area contributed by atoms with Crippen molar-refractivity contribution in [1.82, 2.24) is 33.8 Å². The van der Waals surface area contributed by atoms with Gasteiger partial charge in [0.05, 0.1) is 24.5 Å². The Hall–Kier alpha value is -5.26. The van der Waals surface area contributed by atoms with Crippen molar-refractivity contribution in [3.63, 3.8) is 0 Å². The van der Waals surface area contributed by atoms with Crippen molar-refractivity contribution in [2.45, 2.75) is 66.2 Å². The molecule has 0 bridgehead atoms. The number of fused-ring (bicyclic) bond motifs is 1. The summed E-state index contributed by atoms with van der Waals surface area (Å²) >= 11 is 0. The molecule has 0 spiro atoms. The summed E-state index contributed by atoms with van der Waals surface area (Å²) in [6.45, 7) is 9.62. The van der Waals surface area contributed by atoms with E-state index in [1.807, 2.05) is 19.9 Å². The van der Waals surface area contributed by atoms with Crippen LogP contribution in [0.1, 0.15) is 71.9 Å². The number of H-pyrrole nitrogens is 1. The van der Waals surface area contributed by atoms with Crippen molar-refractivity contribution in [2.75, 3.05) is 49.6 Å². The Bertz CT molecular complexity index is 2200. The number of ether oxygens (including phenoxy) is 1. The second-order valence-corrected chi connectivity index (χ2v) is 13.1. The first-order valence-electron chi connectivity index (χ1n) is 16.9. The monoisotopic (exact) mass is 729 g/mol. The minimum Gasteiger partial charge on any atom is -0.377 e. The van der Waals surface area contributed by atoms with Gasteiger partial charge in [0.1, 0.15) is 23.6 Å². The standard InChI is InChI=1S/C34H39F4N9O5/c1-6-25-28(43-9-11-44(12-10-43)30(49)27-20(5)41-46(18(2)3)31(27)50)32(51)47-33(40-29(42-47)21-7-13-52-14-8-21)45(25)17-26(48)39-24-16-23(35)22(15-19(24)4)34(36,37)38/h7,15-16,18,41H,6,8-14,17H2,1-5H3,(H,39,48). The van der Waals surface area contributed by atoms with Crippen molar-refractivity contribution in [1.29, 1.82) is 0 Å². The molecule has 14 nitrogen and oxygen atoms in total. The van der Waals surface area contributed by atoms with E-state index in [0.717, 1.165) is 10.1 Å². The molecular formula is C34H39F4N9O5. The molecule has 6 rings (SSSR count). The number of aryl methyl sites for hydroxylation is 2. The van der Waals surface area contributed by atoms with Gasteiger partial charge in [-0.2, -0.15) is 22.7 Å². The van der Waals surface area contributed by atoms with Gasteiger partial charge in [-0.1, -0.05) is 13.0 Å². The van der Waals surface area contributed by atoms with Crippen LogP contribution < -0.4 is 21.3 Å². The van der Waals surface area contributed by atoms with E-state index in [4.69, 9.17) is 4.74 Å². The lowest BCUT2D eigenvalue weighted by molar-refractivity contribution is -0.140. The first-order chi connectivity index (χ1) is 24.6. The predicted molar refractivity (Wildman–Crippen MR) is 183 cm³/mol. The fourth-order valence-electron chi connectivity index (χ4n) is 6.64. The van der Waals surface area contributed by atoms with E-state index < -0.39 is 47.0 Å². The Kier molecular flexibility index (Phi) is 9.87. The molecule has 1 aromatic carbocycles. The first kappa shape index (κ1) is 36.5. The third-order valence-electron chi connectivity index (χ3n) is 9.32. The first-order valence-corrected chi connectivity index (χ1v) is 16.9. The van der Waals surface area contributed by atoms with Gasteiger partial charge >= 0.3 is 6.18 Å². The molecule has 2 aliphatic heterocycles. The minimum atomic E-state index is -4.91. The van der Waals surface area contributed by atoms with Crippen LogP contribution >= 0.6 is 0 Å². The number of aromatic nitrogens is 6. The van der Waals surface area contributed by atoms with E-state index in [-0.39, 0.29) is 72.7 Å². The number of piperazine rings is 1. The number of carbonyl (C=O) groups excluding carboxylic acids is 2. The molecule has 52 heavy (non-hydrogen) atoms. The van der Waals surface area contributed by atoms with Crippen LogP contribution in [0.5, 0.6) is 0 Å². The van der Waals surface area contributed by atoms with Crippen molar-refractivity contribution in [2.24, 2.45) is 0 Å². The highest BCUT2D eigenvalue weighted by Crippen LogP contribution is 2.34. The molecule has 0 radical (unpaired) electrons. The number of amides is 2. The van der Waals surface area contributed by atoms with Crippen molar-refractivity contribution in [3.8, 4) is 0 Å². The average Bonchev–Trinajstić information content (AvgIpc) is 3.68. The lowest BCUT2D eigenvalue weighted by Gasteiger charge is -2.36. The van der Waals surface area contributed by atoms with Crippen LogP contribution in [0.3, 0.4) is 0 Å². The normalized spacial score (nSPS) is 15.5. The SMILES string of the molecule is CCc1c(N2CCN(C(=O)c3c(C)[nH]n(C(C)C)c3=O)CC2)c(=O)n2nc(C3=CCOCC3)nc2n1CC(=O)Nc1cc(F)c(C(F)(F)F)cc1C. The molecule has 0 atom stereocenters. The number of alkyl halides is 3. The topological polar surface area (TPSA) is 152 Å². The molecule has 4 aromatic rings. The number of hydrogen-bond donors (Lipinski definition) is 2. The largest absolute Gasteiger partial charge is 0.419 e. The Morgan fingerprint density at radius 1 is 1.08 bits per heavy atom. The van der Waals surface area contributed by atoms with Gasteiger partial charge in [-0.25, -0.2) is 9.07 Å². The van der Waals surface area contributed by atoms with E-state index >= 15 is 0 Å². The van der Waals surface area contributed by atoms with Crippen molar-refractivity contribution in [3.05, 3.63) is 78.6 Å². The molecule has 1 saturated heterocycles.